The fourth-order valence-electron chi connectivity index (χ4n) is 4.69. The Hall–Kier alpha value is -2.82. The molecule has 4 rings (SSSR count). The van der Waals surface area contributed by atoms with Crippen molar-refractivity contribution in [1.82, 2.24) is 9.80 Å². The smallest absolute Gasteiger partial charge is 0.254 e. The monoisotopic (exact) mass is 392 g/mol. The van der Waals surface area contributed by atoms with Gasteiger partial charge in [-0.1, -0.05) is 30.3 Å². The van der Waals surface area contributed by atoms with Gasteiger partial charge >= 0.3 is 0 Å². The number of benzene rings is 2. The highest BCUT2D eigenvalue weighted by Crippen LogP contribution is 2.39. The molecule has 2 aromatic rings. The number of hydrogen-bond acceptors (Lipinski definition) is 3. The van der Waals surface area contributed by atoms with E-state index in [0.29, 0.717) is 25.3 Å². The van der Waals surface area contributed by atoms with Crippen LogP contribution < -0.4 is 4.74 Å². The zero-order valence-electron chi connectivity index (χ0n) is 17.0. The molecule has 0 aromatic heterocycles. The number of carbonyl (C=O) groups is 2. The Balaban J connectivity index is 1.55. The average molecular weight is 392 g/mol. The van der Waals surface area contributed by atoms with Crippen molar-refractivity contribution in [3.8, 4) is 5.75 Å². The summed E-state index contributed by atoms with van der Waals surface area (Å²) < 4.78 is 5.48. The molecule has 0 aliphatic carbocycles. The van der Waals surface area contributed by atoms with Crippen LogP contribution in [0.25, 0.3) is 0 Å². The maximum absolute atomic E-state index is 13.6. The Labute approximate surface area is 172 Å². The van der Waals surface area contributed by atoms with Gasteiger partial charge in [0.2, 0.25) is 5.91 Å². The highest BCUT2D eigenvalue weighted by molar-refractivity contribution is 6.00. The summed E-state index contributed by atoms with van der Waals surface area (Å²) in [5.41, 5.74) is 1.05. The third-order valence-electron chi connectivity index (χ3n) is 6.07. The summed E-state index contributed by atoms with van der Waals surface area (Å²) in [6, 6.07) is 17.3. The van der Waals surface area contributed by atoms with Crippen molar-refractivity contribution in [3.05, 3.63) is 65.7 Å². The molecule has 0 radical (unpaired) electrons. The largest absolute Gasteiger partial charge is 0.494 e. The van der Waals surface area contributed by atoms with Gasteiger partial charge in [-0.25, -0.2) is 0 Å². The van der Waals surface area contributed by atoms with Crippen molar-refractivity contribution in [1.29, 1.82) is 0 Å². The third kappa shape index (κ3) is 3.74. The number of likely N-dealkylation sites (tertiary alicyclic amines) is 2. The van der Waals surface area contributed by atoms with Crippen LogP contribution >= 0.6 is 0 Å². The number of ether oxygens (including phenoxy) is 1. The first kappa shape index (κ1) is 19.5. The Bertz CT molecular complexity index is 865. The van der Waals surface area contributed by atoms with Crippen molar-refractivity contribution in [3.63, 3.8) is 0 Å². The molecule has 2 fully saturated rings. The summed E-state index contributed by atoms with van der Waals surface area (Å²) in [6.07, 6.45) is 3.29. The fourth-order valence-corrected chi connectivity index (χ4v) is 4.69. The number of carbonyl (C=O) groups excluding carboxylic acids is 2. The molecule has 2 aliphatic rings. The molecular formula is C24H28N2O3. The van der Waals surface area contributed by atoms with Crippen molar-refractivity contribution >= 4 is 11.8 Å². The van der Waals surface area contributed by atoms with E-state index < -0.39 is 5.54 Å². The van der Waals surface area contributed by atoms with Crippen LogP contribution in [0.1, 0.15) is 48.5 Å². The predicted molar refractivity (Wildman–Crippen MR) is 112 cm³/mol. The van der Waals surface area contributed by atoms with Crippen LogP contribution in [0.5, 0.6) is 5.75 Å². The first-order chi connectivity index (χ1) is 14.1. The van der Waals surface area contributed by atoms with E-state index in [1.807, 2.05) is 59.2 Å². The quantitative estimate of drug-likeness (QED) is 0.776. The Morgan fingerprint density at radius 1 is 1.00 bits per heavy atom. The van der Waals surface area contributed by atoms with Crippen molar-refractivity contribution in [2.45, 2.75) is 44.7 Å². The van der Waals surface area contributed by atoms with Gasteiger partial charge in [-0.05, 0) is 62.4 Å². The SMILES string of the molecule is CCOc1ccc(C(=O)N2CCCC23CCCN(Cc2ccccc2)C3=O)cc1. The molecule has 1 spiro atoms. The second-order valence-electron chi connectivity index (χ2n) is 7.87. The molecule has 1 atom stereocenters. The lowest BCUT2D eigenvalue weighted by Gasteiger charge is -2.44. The second-order valence-corrected chi connectivity index (χ2v) is 7.87. The van der Waals surface area contributed by atoms with E-state index in [9.17, 15) is 9.59 Å². The maximum atomic E-state index is 13.6. The molecule has 0 N–H and O–H groups in total. The second kappa shape index (κ2) is 8.27. The summed E-state index contributed by atoms with van der Waals surface area (Å²) >= 11 is 0. The number of piperidine rings is 1. The van der Waals surface area contributed by atoms with Crippen molar-refractivity contribution < 1.29 is 14.3 Å². The van der Waals surface area contributed by atoms with E-state index in [1.165, 1.54) is 0 Å². The number of nitrogens with zero attached hydrogens (tertiary/aromatic N) is 2. The first-order valence-electron chi connectivity index (χ1n) is 10.5. The summed E-state index contributed by atoms with van der Waals surface area (Å²) in [5.74, 6) is 0.799. The van der Waals surface area contributed by atoms with Crippen LogP contribution in [0.3, 0.4) is 0 Å². The molecule has 2 aliphatic heterocycles. The minimum Gasteiger partial charge on any atom is -0.494 e. The standard InChI is InChI=1S/C24H28N2O3/c1-2-29-21-12-10-20(11-13-21)22(27)26-17-7-15-24(26)14-6-16-25(23(24)28)18-19-8-4-3-5-9-19/h3-5,8-13H,2,6-7,14-18H2,1H3. The lowest BCUT2D eigenvalue weighted by atomic mass is 9.84. The van der Waals surface area contributed by atoms with Crippen LogP contribution in [-0.4, -0.2) is 46.8 Å². The van der Waals surface area contributed by atoms with Crippen LogP contribution in [0.15, 0.2) is 54.6 Å². The lowest BCUT2D eigenvalue weighted by Crippen LogP contribution is -2.61. The van der Waals surface area contributed by atoms with Crippen LogP contribution in [-0.2, 0) is 11.3 Å². The first-order valence-corrected chi connectivity index (χ1v) is 10.5. The molecular weight excluding hydrogens is 364 g/mol. The van der Waals surface area contributed by atoms with Gasteiger partial charge in [-0.2, -0.15) is 0 Å². The van der Waals surface area contributed by atoms with Crippen LogP contribution in [0.2, 0.25) is 0 Å². The summed E-state index contributed by atoms with van der Waals surface area (Å²) in [6.45, 7) is 4.52. The van der Waals surface area contributed by atoms with E-state index in [4.69, 9.17) is 4.74 Å². The summed E-state index contributed by atoms with van der Waals surface area (Å²) in [5, 5.41) is 0. The van der Waals surface area contributed by atoms with Crippen molar-refractivity contribution in [2.75, 3.05) is 19.7 Å². The van der Waals surface area contributed by atoms with Gasteiger partial charge in [0, 0.05) is 25.2 Å². The Morgan fingerprint density at radius 2 is 1.69 bits per heavy atom. The molecule has 2 heterocycles. The van der Waals surface area contributed by atoms with E-state index in [1.54, 1.807) is 12.1 Å². The van der Waals surface area contributed by atoms with Gasteiger partial charge in [0.1, 0.15) is 11.3 Å². The van der Waals surface area contributed by atoms with Gasteiger partial charge in [-0.3, -0.25) is 9.59 Å². The topological polar surface area (TPSA) is 49.9 Å². The van der Waals surface area contributed by atoms with Gasteiger partial charge in [0.05, 0.1) is 6.61 Å². The minimum absolute atomic E-state index is 0.0551. The zero-order valence-corrected chi connectivity index (χ0v) is 17.0. The molecule has 5 heteroatoms. The molecule has 29 heavy (non-hydrogen) atoms. The zero-order chi connectivity index (χ0) is 20.3. The fraction of sp³-hybridized carbons (Fsp3) is 0.417. The molecule has 2 amide bonds. The third-order valence-corrected chi connectivity index (χ3v) is 6.07. The van der Waals surface area contributed by atoms with E-state index in [2.05, 4.69) is 0 Å². The number of rotatable bonds is 5. The van der Waals surface area contributed by atoms with Crippen molar-refractivity contribution in [2.24, 2.45) is 0 Å². The van der Waals surface area contributed by atoms with Gasteiger partial charge in [0.15, 0.2) is 0 Å². The highest BCUT2D eigenvalue weighted by atomic mass is 16.5. The van der Waals surface area contributed by atoms with Gasteiger partial charge in [0.25, 0.3) is 5.91 Å². The number of amides is 2. The molecule has 1 unspecified atom stereocenters. The minimum atomic E-state index is -0.692. The van der Waals surface area contributed by atoms with E-state index >= 15 is 0 Å². The van der Waals surface area contributed by atoms with E-state index in [0.717, 1.165) is 43.5 Å². The summed E-state index contributed by atoms with van der Waals surface area (Å²) in [4.78, 5) is 30.6. The Morgan fingerprint density at radius 3 is 2.38 bits per heavy atom. The number of hydrogen-bond donors (Lipinski definition) is 0. The molecule has 2 saturated heterocycles. The normalized spacial score (nSPS) is 21.6. The molecule has 2 aromatic carbocycles. The average Bonchev–Trinajstić information content (AvgIpc) is 3.17. The lowest BCUT2D eigenvalue weighted by molar-refractivity contribution is -0.146. The van der Waals surface area contributed by atoms with E-state index in [-0.39, 0.29) is 11.8 Å². The molecule has 152 valence electrons. The molecule has 0 bridgehead atoms. The summed E-state index contributed by atoms with van der Waals surface area (Å²) in [7, 11) is 0. The maximum Gasteiger partial charge on any atom is 0.254 e. The Kier molecular flexibility index (Phi) is 5.56. The van der Waals surface area contributed by atoms with Crippen LogP contribution in [0.4, 0.5) is 0 Å². The highest BCUT2D eigenvalue weighted by Gasteiger charge is 2.52. The van der Waals surface area contributed by atoms with Gasteiger partial charge < -0.3 is 14.5 Å². The predicted octanol–water partition coefficient (Wildman–Crippen LogP) is 3.88. The molecule has 5 nitrogen and oxygen atoms in total. The molecule has 0 saturated carbocycles. The van der Waals surface area contributed by atoms with Crippen LogP contribution in [0, 0.1) is 0 Å². The van der Waals surface area contributed by atoms with Gasteiger partial charge in [-0.15, -0.1) is 0 Å².